The number of Topliss-reactive ketones (excluding diaryl/α,β-unsaturated/α-hetero) is 1. The van der Waals surface area contributed by atoms with Gasteiger partial charge in [0.15, 0.2) is 0 Å². The Morgan fingerprint density at radius 2 is 2.45 bits per heavy atom. The highest BCUT2D eigenvalue weighted by molar-refractivity contribution is 5.81. The Morgan fingerprint density at radius 3 is 3.00 bits per heavy atom. The van der Waals surface area contributed by atoms with Crippen molar-refractivity contribution in [3.8, 4) is 0 Å². The fourth-order valence-electron chi connectivity index (χ4n) is 1.36. The van der Waals surface area contributed by atoms with Gasteiger partial charge in [-0.3, -0.25) is 9.69 Å². The topological polar surface area (TPSA) is 20.3 Å². The predicted molar refractivity (Wildman–Crippen MR) is 45.5 cm³/mol. The van der Waals surface area contributed by atoms with Gasteiger partial charge in [0, 0.05) is 12.5 Å². The first-order valence-electron chi connectivity index (χ1n) is 4.12. The van der Waals surface area contributed by atoms with Gasteiger partial charge in [0.2, 0.25) is 0 Å². The van der Waals surface area contributed by atoms with Crippen LogP contribution < -0.4 is 0 Å². The molecule has 0 aliphatic carbocycles. The normalized spacial score (nSPS) is 23.2. The second-order valence-corrected chi connectivity index (χ2v) is 3.09. The summed E-state index contributed by atoms with van der Waals surface area (Å²) in [5.74, 6) is 0.366. The predicted octanol–water partition coefficient (Wildman–Crippen LogP) is 1.23. The molecule has 1 atom stereocenters. The molecule has 1 heterocycles. The second kappa shape index (κ2) is 3.67. The Labute approximate surface area is 67.9 Å². The van der Waals surface area contributed by atoms with Crippen molar-refractivity contribution < 1.29 is 4.79 Å². The van der Waals surface area contributed by atoms with Crippen molar-refractivity contribution in [1.29, 1.82) is 0 Å². The van der Waals surface area contributed by atoms with Gasteiger partial charge in [-0.15, -0.1) is 6.58 Å². The lowest BCUT2D eigenvalue weighted by molar-refractivity contribution is -0.122. The van der Waals surface area contributed by atoms with Crippen molar-refractivity contribution in [2.24, 2.45) is 0 Å². The van der Waals surface area contributed by atoms with Crippen LogP contribution in [0.3, 0.4) is 0 Å². The smallest absolute Gasteiger partial charge is 0.146 e. The van der Waals surface area contributed by atoms with Crippen molar-refractivity contribution in [2.75, 3.05) is 13.1 Å². The molecule has 2 nitrogen and oxygen atoms in total. The zero-order chi connectivity index (χ0) is 8.27. The van der Waals surface area contributed by atoms with Crippen molar-refractivity contribution in [1.82, 2.24) is 4.90 Å². The summed E-state index contributed by atoms with van der Waals surface area (Å²) in [6.45, 7) is 7.44. The van der Waals surface area contributed by atoms with Crippen LogP contribution in [0.15, 0.2) is 12.7 Å². The Kier molecular flexibility index (Phi) is 2.83. The monoisotopic (exact) mass is 153 g/mol. The van der Waals surface area contributed by atoms with Crippen molar-refractivity contribution in [2.45, 2.75) is 25.8 Å². The van der Waals surface area contributed by atoms with E-state index in [1.165, 1.54) is 0 Å². The lowest BCUT2D eigenvalue weighted by atomic mass is 10.1. The standard InChI is InChI=1S/C9H15NO/c1-3-8(2)10-6-4-5-9(11)7-10/h3,8H,1,4-7H2,2H3. The van der Waals surface area contributed by atoms with E-state index in [2.05, 4.69) is 18.4 Å². The molecule has 1 unspecified atom stereocenters. The van der Waals surface area contributed by atoms with E-state index in [4.69, 9.17) is 0 Å². The van der Waals surface area contributed by atoms with Crippen LogP contribution in [0.5, 0.6) is 0 Å². The van der Waals surface area contributed by atoms with Gasteiger partial charge in [-0.25, -0.2) is 0 Å². The number of nitrogens with zero attached hydrogens (tertiary/aromatic N) is 1. The molecule has 62 valence electrons. The van der Waals surface area contributed by atoms with Gasteiger partial charge < -0.3 is 0 Å². The summed E-state index contributed by atoms with van der Waals surface area (Å²) in [7, 11) is 0. The minimum absolute atomic E-state index is 0.347. The summed E-state index contributed by atoms with van der Waals surface area (Å²) in [5.41, 5.74) is 0. The summed E-state index contributed by atoms with van der Waals surface area (Å²) in [4.78, 5) is 13.2. The van der Waals surface area contributed by atoms with E-state index in [0.29, 0.717) is 18.4 Å². The molecule has 1 aliphatic rings. The third-order valence-electron chi connectivity index (χ3n) is 2.20. The maximum Gasteiger partial charge on any atom is 0.146 e. The highest BCUT2D eigenvalue weighted by Gasteiger charge is 2.18. The third-order valence-corrected chi connectivity index (χ3v) is 2.20. The fraction of sp³-hybridized carbons (Fsp3) is 0.667. The summed E-state index contributed by atoms with van der Waals surface area (Å²) in [5, 5.41) is 0. The molecule has 0 bridgehead atoms. The van der Waals surface area contributed by atoms with Gasteiger partial charge in [0.1, 0.15) is 5.78 Å². The number of ketones is 1. The van der Waals surface area contributed by atoms with Crippen LogP contribution in [-0.2, 0) is 4.79 Å². The Morgan fingerprint density at radius 1 is 1.73 bits per heavy atom. The summed E-state index contributed by atoms with van der Waals surface area (Å²) >= 11 is 0. The molecular formula is C9H15NO. The van der Waals surface area contributed by atoms with E-state index >= 15 is 0 Å². The summed E-state index contributed by atoms with van der Waals surface area (Å²) in [6.07, 6.45) is 3.66. The highest BCUT2D eigenvalue weighted by Crippen LogP contribution is 2.09. The van der Waals surface area contributed by atoms with Gasteiger partial charge in [-0.05, 0) is 19.9 Å². The van der Waals surface area contributed by atoms with Gasteiger partial charge in [-0.2, -0.15) is 0 Å². The molecule has 1 aliphatic heterocycles. The van der Waals surface area contributed by atoms with Gasteiger partial charge >= 0.3 is 0 Å². The number of carbonyl (C=O) groups excluding carboxylic acids is 1. The quantitative estimate of drug-likeness (QED) is 0.556. The molecule has 1 saturated heterocycles. The second-order valence-electron chi connectivity index (χ2n) is 3.09. The molecule has 0 saturated carbocycles. The maximum absolute atomic E-state index is 11.0. The van der Waals surface area contributed by atoms with E-state index in [1.807, 2.05) is 6.08 Å². The Hall–Kier alpha value is -0.630. The van der Waals surface area contributed by atoms with Crippen LogP contribution in [-0.4, -0.2) is 29.8 Å². The van der Waals surface area contributed by atoms with E-state index in [9.17, 15) is 4.79 Å². The molecule has 1 fully saturated rings. The van der Waals surface area contributed by atoms with Crippen LogP contribution >= 0.6 is 0 Å². The number of likely N-dealkylation sites (tertiary alicyclic amines) is 1. The van der Waals surface area contributed by atoms with Crippen LogP contribution in [0.25, 0.3) is 0 Å². The van der Waals surface area contributed by atoms with Crippen LogP contribution in [0.4, 0.5) is 0 Å². The van der Waals surface area contributed by atoms with E-state index in [0.717, 1.165) is 19.4 Å². The highest BCUT2D eigenvalue weighted by atomic mass is 16.1. The van der Waals surface area contributed by atoms with E-state index in [1.54, 1.807) is 0 Å². The lowest BCUT2D eigenvalue weighted by Crippen LogP contribution is -2.40. The van der Waals surface area contributed by atoms with Crippen molar-refractivity contribution in [3.05, 3.63) is 12.7 Å². The molecule has 0 amide bonds. The van der Waals surface area contributed by atoms with Gasteiger partial charge in [-0.1, -0.05) is 6.08 Å². The number of hydrogen-bond acceptors (Lipinski definition) is 2. The number of piperidine rings is 1. The van der Waals surface area contributed by atoms with E-state index in [-0.39, 0.29) is 0 Å². The third kappa shape index (κ3) is 2.15. The average molecular weight is 153 g/mol. The fourth-order valence-corrected chi connectivity index (χ4v) is 1.36. The molecule has 0 spiro atoms. The van der Waals surface area contributed by atoms with Crippen LogP contribution in [0.1, 0.15) is 19.8 Å². The number of rotatable bonds is 2. The summed E-state index contributed by atoms with van der Waals surface area (Å²) < 4.78 is 0. The van der Waals surface area contributed by atoms with Gasteiger partial charge in [0.25, 0.3) is 0 Å². The maximum atomic E-state index is 11.0. The average Bonchev–Trinajstić information content (AvgIpc) is 2.03. The molecule has 0 radical (unpaired) electrons. The molecule has 0 aromatic carbocycles. The Bertz CT molecular complexity index is 165. The zero-order valence-corrected chi connectivity index (χ0v) is 7.05. The first-order chi connectivity index (χ1) is 5.24. The largest absolute Gasteiger partial charge is 0.298 e. The van der Waals surface area contributed by atoms with Gasteiger partial charge in [0.05, 0.1) is 6.54 Å². The van der Waals surface area contributed by atoms with Crippen molar-refractivity contribution >= 4 is 5.78 Å². The van der Waals surface area contributed by atoms with Crippen LogP contribution in [0.2, 0.25) is 0 Å². The minimum atomic E-state index is 0.347. The molecule has 1 rings (SSSR count). The SMILES string of the molecule is C=CC(C)N1CCCC(=O)C1. The lowest BCUT2D eigenvalue weighted by Gasteiger charge is -2.29. The molecular weight excluding hydrogens is 138 g/mol. The van der Waals surface area contributed by atoms with E-state index < -0.39 is 0 Å². The summed E-state index contributed by atoms with van der Waals surface area (Å²) in [6, 6.07) is 0.347. The number of carbonyl (C=O) groups is 1. The molecule has 2 heteroatoms. The molecule has 0 N–H and O–H groups in total. The first kappa shape index (κ1) is 8.47. The zero-order valence-electron chi connectivity index (χ0n) is 7.05. The molecule has 0 aromatic heterocycles. The number of hydrogen-bond donors (Lipinski definition) is 0. The Balaban J connectivity index is 2.45. The minimum Gasteiger partial charge on any atom is -0.298 e. The van der Waals surface area contributed by atoms with Crippen LogP contribution in [0, 0.1) is 0 Å². The first-order valence-corrected chi connectivity index (χ1v) is 4.12. The van der Waals surface area contributed by atoms with Crippen molar-refractivity contribution in [3.63, 3.8) is 0 Å². The molecule has 0 aromatic rings. The molecule has 11 heavy (non-hydrogen) atoms.